The fourth-order valence-electron chi connectivity index (χ4n) is 3.76. The van der Waals surface area contributed by atoms with Gasteiger partial charge in [-0.05, 0) is 43.2 Å². The maximum absolute atomic E-state index is 12.9. The van der Waals surface area contributed by atoms with E-state index in [1.54, 1.807) is 18.4 Å². The summed E-state index contributed by atoms with van der Waals surface area (Å²) in [6.45, 7) is 5.01. The molecule has 2 aliphatic rings. The Bertz CT molecular complexity index is 723. The molecule has 1 aromatic rings. The molecule has 1 atom stereocenters. The van der Waals surface area contributed by atoms with Crippen LogP contribution in [-0.2, 0) is 27.8 Å². The lowest BCUT2D eigenvalue weighted by Crippen LogP contribution is -2.53. The molecule has 25 heavy (non-hydrogen) atoms. The molecule has 0 aromatic carbocycles. The van der Waals surface area contributed by atoms with E-state index in [1.165, 1.54) is 21.0 Å². The van der Waals surface area contributed by atoms with Gasteiger partial charge in [0.15, 0.2) is 0 Å². The van der Waals surface area contributed by atoms with E-state index in [-0.39, 0.29) is 18.0 Å². The Hall–Kier alpha value is -0.960. The summed E-state index contributed by atoms with van der Waals surface area (Å²) in [5.74, 6) is 0.187. The summed E-state index contributed by atoms with van der Waals surface area (Å²) in [7, 11) is -1.51. The molecule has 3 rings (SSSR count). The molecule has 0 radical (unpaired) electrons. The number of hydrogen-bond donors (Lipinski definition) is 0. The number of likely N-dealkylation sites (tertiary alicyclic amines) is 1. The molecule has 1 unspecified atom stereocenters. The first-order chi connectivity index (χ1) is 11.8. The highest BCUT2D eigenvalue weighted by atomic mass is 32.2. The molecule has 0 N–H and O–H groups in total. The minimum Gasteiger partial charge on any atom is -0.337 e. The van der Waals surface area contributed by atoms with Gasteiger partial charge in [-0.25, -0.2) is 12.7 Å². The molecule has 3 heterocycles. The summed E-state index contributed by atoms with van der Waals surface area (Å²) >= 11 is 1.78. The largest absolute Gasteiger partial charge is 0.337 e. The van der Waals surface area contributed by atoms with Crippen LogP contribution in [0.4, 0.5) is 0 Å². The fraction of sp³-hybridized carbons (Fsp3) is 0.706. The van der Waals surface area contributed by atoms with E-state index < -0.39 is 10.0 Å². The lowest BCUT2D eigenvalue weighted by atomic mass is 10.0. The Labute approximate surface area is 154 Å². The van der Waals surface area contributed by atoms with Crippen molar-refractivity contribution < 1.29 is 13.2 Å². The van der Waals surface area contributed by atoms with Crippen molar-refractivity contribution in [2.45, 2.75) is 44.8 Å². The van der Waals surface area contributed by atoms with Crippen molar-refractivity contribution in [1.29, 1.82) is 0 Å². The topological polar surface area (TPSA) is 60.9 Å². The van der Waals surface area contributed by atoms with Crippen molar-refractivity contribution in [1.82, 2.24) is 14.1 Å². The maximum Gasteiger partial charge on any atom is 0.239 e. The van der Waals surface area contributed by atoms with Crippen LogP contribution in [0.25, 0.3) is 0 Å². The molecule has 1 aromatic heterocycles. The van der Waals surface area contributed by atoms with Gasteiger partial charge < -0.3 is 4.90 Å². The van der Waals surface area contributed by atoms with Crippen LogP contribution < -0.4 is 0 Å². The monoisotopic (exact) mass is 385 g/mol. The van der Waals surface area contributed by atoms with Gasteiger partial charge in [-0.1, -0.05) is 0 Å². The number of fused-ring (bicyclic) bond motifs is 1. The molecule has 1 fully saturated rings. The van der Waals surface area contributed by atoms with Crippen LogP contribution in [-0.4, -0.2) is 73.5 Å². The zero-order valence-electron chi connectivity index (χ0n) is 15.1. The van der Waals surface area contributed by atoms with Gasteiger partial charge in [0.1, 0.15) is 0 Å². The first kappa shape index (κ1) is 18.8. The van der Waals surface area contributed by atoms with Crippen molar-refractivity contribution in [3.63, 3.8) is 0 Å². The van der Waals surface area contributed by atoms with Gasteiger partial charge in [-0.2, -0.15) is 0 Å². The molecule has 1 amide bonds. The Morgan fingerprint density at radius 3 is 2.64 bits per heavy atom. The second kappa shape index (κ2) is 7.34. The van der Waals surface area contributed by atoms with Crippen molar-refractivity contribution in [3.05, 3.63) is 21.9 Å². The number of sulfonamides is 1. The Kier molecular flexibility index (Phi) is 5.53. The van der Waals surface area contributed by atoms with Crippen LogP contribution in [0.1, 0.15) is 30.2 Å². The first-order valence-electron chi connectivity index (χ1n) is 8.78. The third-order valence-corrected chi connectivity index (χ3v) is 7.93. The predicted molar refractivity (Wildman–Crippen MR) is 100 cm³/mol. The molecule has 1 saturated heterocycles. The smallest absolute Gasteiger partial charge is 0.239 e. The second-order valence-corrected chi connectivity index (χ2v) is 10.1. The summed E-state index contributed by atoms with van der Waals surface area (Å²) in [4.78, 5) is 18.4. The molecular weight excluding hydrogens is 358 g/mol. The minimum atomic E-state index is -3.16. The zero-order valence-corrected chi connectivity index (χ0v) is 16.8. The van der Waals surface area contributed by atoms with Gasteiger partial charge in [-0.3, -0.25) is 9.69 Å². The highest BCUT2D eigenvalue weighted by Gasteiger charge is 2.33. The Balaban J connectivity index is 1.56. The van der Waals surface area contributed by atoms with Crippen molar-refractivity contribution in [2.75, 3.05) is 32.9 Å². The number of carbonyl (C=O) groups excluding carboxylic acids is 1. The number of thiophene rings is 1. The van der Waals surface area contributed by atoms with Crippen LogP contribution in [0.3, 0.4) is 0 Å². The van der Waals surface area contributed by atoms with Crippen molar-refractivity contribution in [2.24, 2.45) is 0 Å². The average molecular weight is 386 g/mol. The van der Waals surface area contributed by atoms with Crippen LogP contribution in [0.15, 0.2) is 11.4 Å². The molecule has 0 aliphatic carbocycles. The van der Waals surface area contributed by atoms with E-state index >= 15 is 0 Å². The number of nitrogens with zero attached hydrogens (tertiary/aromatic N) is 3. The van der Waals surface area contributed by atoms with Gasteiger partial charge in [0.2, 0.25) is 15.9 Å². The van der Waals surface area contributed by atoms with Crippen LogP contribution in [0.2, 0.25) is 0 Å². The van der Waals surface area contributed by atoms with Gasteiger partial charge in [0.05, 0.1) is 12.3 Å². The average Bonchev–Trinajstić information content (AvgIpc) is 3.06. The van der Waals surface area contributed by atoms with E-state index in [0.717, 1.165) is 45.4 Å². The fourth-order valence-corrected chi connectivity index (χ4v) is 5.41. The van der Waals surface area contributed by atoms with E-state index in [4.69, 9.17) is 0 Å². The van der Waals surface area contributed by atoms with E-state index in [0.29, 0.717) is 0 Å². The zero-order chi connectivity index (χ0) is 18.2. The number of hydrogen-bond acceptors (Lipinski definition) is 5. The summed E-state index contributed by atoms with van der Waals surface area (Å²) in [5, 5.41) is 2.10. The highest BCUT2D eigenvalue weighted by Crippen LogP contribution is 2.25. The molecule has 2 aliphatic heterocycles. The molecule has 140 valence electrons. The first-order valence-corrected chi connectivity index (χ1v) is 11.5. The third-order valence-electron chi connectivity index (χ3n) is 5.56. The SMILES string of the molecule is CC(C(=O)N1CCc2sccc2C1)N1CCC(N(C)S(C)(=O)=O)CC1. The standard InChI is InChI=1S/C17H27N3O3S2/c1-13(17(21)20-10-6-16-14(12-20)7-11-24-16)19-8-4-15(5-9-19)18(2)25(3,22)23/h7,11,13,15H,4-6,8-10,12H2,1-3H3. The molecule has 6 nitrogen and oxygen atoms in total. The van der Waals surface area contributed by atoms with E-state index in [9.17, 15) is 13.2 Å². The lowest BCUT2D eigenvalue weighted by Gasteiger charge is -2.40. The maximum atomic E-state index is 12.9. The quantitative estimate of drug-likeness (QED) is 0.786. The Morgan fingerprint density at radius 1 is 1.32 bits per heavy atom. The highest BCUT2D eigenvalue weighted by molar-refractivity contribution is 7.88. The lowest BCUT2D eigenvalue weighted by molar-refractivity contribution is -0.137. The Morgan fingerprint density at radius 2 is 2.00 bits per heavy atom. The van der Waals surface area contributed by atoms with Crippen molar-refractivity contribution >= 4 is 27.3 Å². The van der Waals surface area contributed by atoms with E-state index in [2.05, 4.69) is 16.3 Å². The number of carbonyl (C=O) groups is 1. The van der Waals surface area contributed by atoms with Crippen LogP contribution in [0.5, 0.6) is 0 Å². The molecule has 8 heteroatoms. The van der Waals surface area contributed by atoms with Crippen molar-refractivity contribution in [3.8, 4) is 0 Å². The van der Waals surface area contributed by atoms with Crippen LogP contribution in [0, 0.1) is 0 Å². The number of rotatable bonds is 4. The summed E-state index contributed by atoms with van der Waals surface area (Å²) in [6.07, 6.45) is 3.75. The third kappa shape index (κ3) is 4.07. The van der Waals surface area contributed by atoms with Gasteiger partial charge in [0.25, 0.3) is 0 Å². The van der Waals surface area contributed by atoms with Gasteiger partial charge in [-0.15, -0.1) is 11.3 Å². The normalized spacial score (nSPS) is 21.4. The minimum absolute atomic E-state index is 0.0388. The molecule has 0 saturated carbocycles. The van der Waals surface area contributed by atoms with Gasteiger partial charge in [0, 0.05) is 44.1 Å². The summed E-state index contributed by atoms with van der Waals surface area (Å²) in [6, 6.07) is 2.01. The molecule has 0 spiro atoms. The van der Waals surface area contributed by atoms with Gasteiger partial charge >= 0.3 is 0 Å². The second-order valence-electron chi connectivity index (χ2n) is 7.10. The van der Waals surface area contributed by atoms with E-state index in [1.807, 2.05) is 11.8 Å². The summed E-state index contributed by atoms with van der Waals surface area (Å²) < 4.78 is 24.9. The molecular formula is C17H27N3O3S2. The summed E-state index contributed by atoms with van der Waals surface area (Å²) in [5.41, 5.74) is 1.28. The predicted octanol–water partition coefficient (Wildman–Crippen LogP) is 1.38. The number of piperidine rings is 1. The number of amides is 1. The van der Waals surface area contributed by atoms with Crippen LogP contribution >= 0.6 is 11.3 Å². The molecule has 0 bridgehead atoms.